The van der Waals surface area contributed by atoms with Gasteiger partial charge in [-0.05, 0) is 27.2 Å². The van der Waals surface area contributed by atoms with E-state index in [1.165, 1.54) is 0 Å². The molecule has 0 saturated carbocycles. The van der Waals surface area contributed by atoms with Gasteiger partial charge in [-0.2, -0.15) is 0 Å². The van der Waals surface area contributed by atoms with Gasteiger partial charge in [-0.3, -0.25) is 10.1 Å². The first-order valence-corrected chi connectivity index (χ1v) is 4.80. The van der Waals surface area contributed by atoms with Crippen LogP contribution in [-0.4, -0.2) is 17.6 Å². The number of nitrogens with one attached hydrogen (secondary N) is 1. The molecule has 4 heteroatoms. The van der Waals surface area contributed by atoms with E-state index in [1.54, 1.807) is 27.7 Å². The lowest BCUT2D eigenvalue weighted by molar-refractivity contribution is -0.124. The summed E-state index contributed by atoms with van der Waals surface area (Å²) in [6.07, 6.45) is 0.0250. The third-order valence-electron chi connectivity index (χ3n) is 1.68. The second-order valence-corrected chi connectivity index (χ2v) is 4.30. The Kier molecular flexibility index (Phi) is 4.60. The maximum Gasteiger partial charge on any atom is 0.414 e. The molecule has 0 unspecified atom stereocenters. The molecule has 1 atom stereocenters. The Labute approximate surface area is 85.0 Å². The number of carbonyl (C=O) groups is 2. The van der Waals surface area contributed by atoms with Crippen molar-refractivity contribution in [3.8, 4) is 0 Å². The first kappa shape index (κ1) is 12.9. The minimum Gasteiger partial charge on any atom is -0.444 e. The molecule has 82 valence electrons. The van der Waals surface area contributed by atoms with Crippen molar-refractivity contribution < 1.29 is 14.3 Å². The van der Waals surface area contributed by atoms with Gasteiger partial charge in [-0.25, -0.2) is 4.79 Å². The van der Waals surface area contributed by atoms with Crippen LogP contribution < -0.4 is 5.32 Å². The standard InChI is InChI=1S/C10H19NO3/c1-6-7(2)8(12)11-9(13)14-10(3,4)5/h7H,6H2,1-5H3,(H,11,12,13)/t7-/m0/s1. The van der Waals surface area contributed by atoms with Crippen molar-refractivity contribution in [2.24, 2.45) is 5.92 Å². The number of imide groups is 1. The molecular formula is C10H19NO3. The summed E-state index contributed by atoms with van der Waals surface area (Å²) >= 11 is 0. The molecule has 0 heterocycles. The van der Waals surface area contributed by atoms with Crippen LogP contribution in [0.1, 0.15) is 41.0 Å². The lowest BCUT2D eigenvalue weighted by Crippen LogP contribution is -2.38. The van der Waals surface area contributed by atoms with Gasteiger partial charge in [0.25, 0.3) is 0 Å². The minimum absolute atomic E-state index is 0.164. The van der Waals surface area contributed by atoms with Crippen molar-refractivity contribution in [1.82, 2.24) is 5.32 Å². The molecule has 14 heavy (non-hydrogen) atoms. The van der Waals surface area contributed by atoms with Gasteiger partial charge >= 0.3 is 6.09 Å². The summed E-state index contributed by atoms with van der Waals surface area (Å²) in [5.41, 5.74) is -0.570. The number of alkyl carbamates (subject to hydrolysis) is 1. The van der Waals surface area contributed by atoms with Crippen molar-refractivity contribution in [3.63, 3.8) is 0 Å². The fourth-order valence-electron chi connectivity index (χ4n) is 0.713. The summed E-state index contributed by atoms with van der Waals surface area (Å²) < 4.78 is 4.93. The summed E-state index contributed by atoms with van der Waals surface area (Å²) in [6, 6.07) is 0. The van der Waals surface area contributed by atoms with Crippen molar-refractivity contribution in [1.29, 1.82) is 0 Å². The Bertz CT molecular complexity index is 218. The fourth-order valence-corrected chi connectivity index (χ4v) is 0.713. The van der Waals surface area contributed by atoms with E-state index < -0.39 is 11.7 Å². The quantitative estimate of drug-likeness (QED) is 0.744. The molecule has 0 aromatic heterocycles. The number of hydrogen-bond acceptors (Lipinski definition) is 3. The molecule has 0 fully saturated rings. The fraction of sp³-hybridized carbons (Fsp3) is 0.800. The Morgan fingerprint density at radius 2 is 1.86 bits per heavy atom. The average Bonchev–Trinajstić information content (AvgIpc) is 1.99. The highest BCUT2D eigenvalue weighted by Gasteiger charge is 2.19. The normalized spacial score (nSPS) is 13.2. The zero-order valence-corrected chi connectivity index (χ0v) is 9.51. The Morgan fingerprint density at radius 3 is 2.21 bits per heavy atom. The molecule has 0 bridgehead atoms. The molecule has 1 N–H and O–H groups in total. The summed E-state index contributed by atoms with van der Waals surface area (Å²) in [7, 11) is 0. The van der Waals surface area contributed by atoms with E-state index in [4.69, 9.17) is 4.74 Å². The van der Waals surface area contributed by atoms with E-state index in [2.05, 4.69) is 5.32 Å². The molecule has 0 spiro atoms. The first-order valence-electron chi connectivity index (χ1n) is 4.80. The molecule has 0 aliphatic heterocycles. The molecule has 0 aromatic carbocycles. The van der Waals surface area contributed by atoms with Gasteiger partial charge in [0.1, 0.15) is 5.60 Å². The third kappa shape index (κ3) is 5.56. The van der Waals surface area contributed by atoms with Gasteiger partial charge in [0.2, 0.25) is 5.91 Å². The highest BCUT2D eigenvalue weighted by molar-refractivity contribution is 5.92. The Hall–Kier alpha value is -1.06. The summed E-state index contributed by atoms with van der Waals surface area (Å²) in [4.78, 5) is 22.4. The Morgan fingerprint density at radius 1 is 1.36 bits per heavy atom. The predicted molar refractivity (Wildman–Crippen MR) is 53.8 cm³/mol. The zero-order valence-electron chi connectivity index (χ0n) is 9.51. The van der Waals surface area contributed by atoms with Gasteiger partial charge < -0.3 is 4.74 Å². The smallest absolute Gasteiger partial charge is 0.414 e. The maximum atomic E-state index is 11.3. The lowest BCUT2D eigenvalue weighted by Gasteiger charge is -2.19. The molecule has 0 radical (unpaired) electrons. The summed E-state index contributed by atoms with van der Waals surface area (Å²) in [5, 5.41) is 2.19. The third-order valence-corrected chi connectivity index (χ3v) is 1.68. The van der Waals surface area contributed by atoms with E-state index in [0.717, 1.165) is 0 Å². The van der Waals surface area contributed by atoms with Crippen LogP contribution >= 0.6 is 0 Å². The average molecular weight is 201 g/mol. The topological polar surface area (TPSA) is 55.4 Å². The van der Waals surface area contributed by atoms with E-state index >= 15 is 0 Å². The number of rotatable bonds is 2. The van der Waals surface area contributed by atoms with E-state index in [0.29, 0.717) is 6.42 Å². The minimum atomic E-state index is -0.678. The molecule has 0 aliphatic carbocycles. The van der Waals surface area contributed by atoms with Gasteiger partial charge in [-0.15, -0.1) is 0 Å². The van der Waals surface area contributed by atoms with Crippen LogP contribution in [0.25, 0.3) is 0 Å². The summed E-state index contributed by atoms with van der Waals surface area (Å²) in [6.45, 7) is 8.90. The van der Waals surface area contributed by atoms with Crippen LogP contribution in [0.2, 0.25) is 0 Å². The number of carbonyl (C=O) groups excluding carboxylic acids is 2. The molecule has 0 rings (SSSR count). The van der Waals surface area contributed by atoms with Crippen LogP contribution in [0, 0.1) is 5.92 Å². The van der Waals surface area contributed by atoms with Crippen LogP contribution in [0.5, 0.6) is 0 Å². The molecule has 0 aromatic rings. The van der Waals surface area contributed by atoms with Gasteiger partial charge in [0.15, 0.2) is 0 Å². The van der Waals surface area contributed by atoms with Gasteiger partial charge in [0, 0.05) is 5.92 Å². The SMILES string of the molecule is CC[C@H](C)C(=O)NC(=O)OC(C)(C)C. The number of amides is 2. The van der Waals surface area contributed by atoms with Crippen LogP contribution in [0.4, 0.5) is 4.79 Å². The van der Waals surface area contributed by atoms with Crippen molar-refractivity contribution in [2.45, 2.75) is 46.6 Å². The van der Waals surface area contributed by atoms with E-state index in [-0.39, 0.29) is 11.8 Å². The van der Waals surface area contributed by atoms with Crippen LogP contribution in [-0.2, 0) is 9.53 Å². The van der Waals surface area contributed by atoms with Gasteiger partial charge in [0.05, 0.1) is 0 Å². The zero-order chi connectivity index (χ0) is 11.4. The first-order chi connectivity index (χ1) is 6.26. The van der Waals surface area contributed by atoms with Crippen LogP contribution in [0.15, 0.2) is 0 Å². The second kappa shape index (κ2) is 4.98. The number of hydrogen-bond donors (Lipinski definition) is 1. The monoisotopic (exact) mass is 201 g/mol. The molecule has 4 nitrogen and oxygen atoms in total. The second-order valence-electron chi connectivity index (χ2n) is 4.30. The highest BCUT2D eigenvalue weighted by atomic mass is 16.6. The van der Waals surface area contributed by atoms with Crippen molar-refractivity contribution >= 4 is 12.0 Å². The molecular weight excluding hydrogens is 182 g/mol. The predicted octanol–water partition coefficient (Wildman–Crippen LogP) is 2.08. The molecule has 0 saturated heterocycles. The molecule has 2 amide bonds. The van der Waals surface area contributed by atoms with Crippen molar-refractivity contribution in [3.05, 3.63) is 0 Å². The highest BCUT2D eigenvalue weighted by Crippen LogP contribution is 2.07. The maximum absolute atomic E-state index is 11.3. The van der Waals surface area contributed by atoms with Gasteiger partial charge in [-0.1, -0.05) is 13.8 Å². The lowest BCUT2D eigenvalue weighted by atomic mass is 10.1. The molecule has 0 aliphatic rings. The van der Waals surface area contributed by atoms with E-state index in [9.17, 15) is 9.59 Å². The van der Waals surface area contributed by atoms with E-state index in [1.807, 2.05) is 6.92 Å². The Balaban J connectivity index is 4.02. The number of ether oxygens (including phenoxy) is 1. The van der Waals surface area contributed by atoms with Crippen molar-refractivity contribution in [2.75, 3.05) is 0 Å². The largest absolute Gasteiger partial charge is 0.444 e. The summed E-state index contributed by atoms with van der Waals surface area (Å²) in [5.74, 6) is -0.454. The van der Waals surface area contributed by atoms with Crippen LogP contribution in [0.3, 0.4) is 0 Å².